The first-order valence-electron chi connectivity index (χ1n) is 8.40. The molecule has 5 N–H and O–H groups in total. The number of carbonyl (C=O) groups is 3. The van der Waals surface area contributed by atoms with E-state index in [-0.39, 0.29) is 35.1 Å². The highest BCUT2D eigenvalue weighted by Crippen LogP contribution is 2.35. The smallest absolute Gasteiger partial charge is 0.227 e. The summed E-state index contributed by atoms with van der Waals surface area (Å²) >= 11 is 0. The second-order valence-corrected chi connectivity index (χ2v) is 5.92. The van der Waals surface area contributed by atoms with E-state index < -0.39 is 11.8 Å². The number of carbonyl (C=O) groups excluding carboxylic acids is 3. The molecule has 1 aliphatic carbocycles. The molecule has 1 aromatic carbocycles. The number of primary amides is 1. The lowest BCUT2D eigenvalue weighted by atomic mass is 9.79. The minimum absolute atomic E-state index is 0.110. The molecule has 7 nitrogen and oxygen atoms in total. The first-order valence-corrected chi connectivity index (χ1v) is 8.40. The minimum Gasteiger partial charge on any atom is -0.385 e. The molecular weight excluding hydrogens is 332 g/mol. The zero-order valence-corrected chi connectivity index (χ0v) is 15.2. The van der Waals surface area contributed by atoms with E-state index in [1.54, 1.807) is 21.1 Å². The van der Waals surface area contributed by atoms with Crippen LogP contribution in [0.25, 0.3) is 0 Å². The molecule has 0 heterocycles. The Bertz CT molecular complexity index is 781. The fraction of sp³-hybridized carbons (Fsp3) is 0.316. The predicted molar refractivity (Wildman–Crippen MR) is 98.9 cm³/mol. The largest absolute Gasteiger partial charge is 0.385 e. The lowest BCUT2D eigenvalue weighted by Gasteiger charge is -2.28. The van der Waals surface area contributed by atoms with E-state index in [2.05, 4.69) is 16.0 Å². The average Bonchev–Trinajstić information content (AvgIpc) is 2.64. The van der Waals surface area contributed by atoms with Crippen LogP contribution in [0.15, 0.2) is 53.0 Å². The van der Waals surface area contributed by atoms with Crippen molar-refractivity contribution in [1.82, 2.24) is 16.0 Å². The second kappa shape index (κ2) is 8.33. The van der Waals surface area contributed by atoms with Crippen LogP contribution in [0.3, 0.4) is 0 Å². The Morgan fingerprint density at radius 1 is 0.923 bits per heavy atom. The molecule has 0 saturated heterocycles. The summed E-state index contributed by atoms with van der Waals surface area (Å²) in [5, 5.41) is 8.49. The van der Waals surface area contributed by atoms with Gasteiger partial charge in [0.05, 0.1) is 5.70 Å². The van der Waals surface area contributed by atoms with Crippen LogP contribution in [-0.2, 0) is 14.4 Å². The summed E-state index contributed by atoms with van der Waals surface area (Å²) in [6.07, 6.45) is 0.448. The Morgan fingerprint density at radius 2 is 1.46 bits per heavy atom. The van der Waals surface area contributed by atoms with E-state index in [0.29, 0.717) is 12.0 Å². The van der Waals surface area contributed by atoms with Crippen LogP contribution in [-0.4, -0.2) is 38.6 Å². The van der Waals surface area contributed by atoms with Gasteiger partial charge in [0.2, 0.25) is 17.5 Å². The maximum absolute atomic E-state index is 13.2. The van der Waals surface area contributed by atoms with Gasteiger partial charge in [-0.15, -0.1) is 0 Å². The number of likely N-dealkylation sites (N-methyl/N-ethyl adjacent to an activating group) is 3. The van der Waals surface area contributed by atoms with Crippen LogP contribution < -0.4 is 21.7 Å². The van der Waals surface area contributed by atoms with Crippen LogP contribution in [0.4, 0.5) is 0 Å². The van der Waals surface area contributed by atoms with Gasteiger partial charge in [0.25, 0.3) is 0 Å². The summed E-state index contributed by atoms with van der Waals surface area (Å²) in [4.78, 5) is 37.4. The van der Waals surface area contributed by atoms with Crippen LogP contribution in [0.5, 0.6) is 0 Å². The predicted octanol–water partition coefficient (Wildman–Crippen LogP) is 0.311. The maximum Gasteiger partial charge on any atom is 0.227 e. The normalized spacial score (nSPS) is 15.8. The molecule has 2 rings (SSSR count). The van der Waals surface area contributed by atoms with Gasteiger partial charge in [-0.05, 0) is 12.0 Å². The van der Waals surface area contributed by atoms with Gasteiger partial charge >= 0.3 is 0 Å². The number of allylic oxidation sites excluding steroid dienone is 1. The molecule has 1 atom stereocenters. The van der Waals surface area contributed by atoms with Crippen molar-refractivity contribution in [3.8, 4) is 0 Å². The number of nitrogens with one attached hydrogen (secondary N) is 3. The van der Waals surface area contributed by atoms with Crippen molar-refractivity contribution in [2.45, 2.75) is 18.8 Å². The quantitative estimate of drug-likeness (QED) is 0.499. The summed E-state index contributed by atoms with van der Waals surface area (Å²) < 4.78 is 0. The van der Waals surface area contributed by atoms with E-state index in [9.17, 15) is 14.4 Å². The Kier molecular flexibility index (Phi) is 6.16. The van der Waals surface area contributed by atoms with Crippen molar-refractivity contribution in [3.05, 3.63) is 58.6 Å². The Morgan fingerprint density at radius 3 is 1.96 bits per heavy atom. The van der Waals surface area contributed by atoms with Crippen molar-refractivity contribution in [2.24, 2.45) is 5.73 Å². The number of ketones is 2. The van der Waals surface area contributed by atoms with Crippen LogP contribution in [0.1, 0.15) is 24.3 Å². The average molecular weight is 356 g/mol. The highest BCUT2D eigenvalue weighted by Gasteiger charge is 2.37. The Balaban J connectivity index is 2.62. The Hall–Kier alpha value is -3.09. The van der Waals surface area contributed by atoms with Crippen molar-refractivity contribution in [2.75, 3.05) is 21.1 Å². The van der Waals surface area contributed by atoms with Gasteiger partial charge in [0, 0.05) is 39.1 Å². The first kappa shape index (κ1) is 19.2. The maximum atomic E-state index is 13.2. The third-order valence-electron chi connectivity index (χ3n) is 4.42. The monoisotopic (exact) mass is 356 g/mol. The third kappa shape index (κ3) is 3.61. The van der Waals surface area contributed by atoms with Gasteiger partial charge in [-0.3, -0.25) is 14.4 Å². The molecule has 0 saturated carbocycles. The van der Waals surface area contributed by atoms with E-state index in [4.69, 9.17) is 5.73 Å². The first-order chi connectivity index (χ1) is 12.5. The summed E-state index contributed by atoms with van der Waals surface area (Å²) in [7, 11) is 4.80. The van der Waals surface area contributed by atoms with Gasteiger partial charge in [0.15, 0.2) is 0 Å². The number of amides is 1. The third-order valence-corrected chi connectivity index (χ3v) is 4.42. The highest BCUT2D eigenvalue weighted by molar-refractivity contribution is 6.25. The zero-order valence-electron chi connectivity index (χ0n) is 15.2. The molecule has 0 radical (unpaired) electrons. The van der Waals surface area contributed by atoms with E-state index >= 15 is 0 Å². The Labute approximate surface area is 152 Å². The fourth-order valence-corrected chi connectivity index (χ4v) is 3.23. The molecule has 26 heavy (non-hydrogen) atoms. The molecular formula is C19H24N4O3. The lowest BCUT2D eigenvalue weighted by Crippen LogP contribution is -2.39. The lowest BCUT2D eigenvalue weighted by molar-refractivity contribution is -0.118. The topological polar surface area (TPSA) is 113 Å². The molecule has 1 aromatic rings. The van der Waals surface area contributed by atoms with E-state index in [1.165, 1.54) is 0 Å². The molecule has 1 unspecified atom stereocenters. The van der Waals surface area contributed by atoms with E-state index in [0.717, 1.165) is 5.56 Å². The van der Waals surface area contributed by atoms with E-state index in [1.807, 2.05) is 30.3 Å². The highest BCUT2D eigenvalue weighted by atomic mass is 16.1. The van der Waals surface area contributed by atoms with Gasteiger partial charge in [0.1, 0.15) is 11.4 Å². The molecule has 0 fully saturated rings. The molecule has 1 amide bonds. The SMILES string of the molecule is CNC1=C(NC)C(=O)C(C(CCC(N)=O)c2ccccc2)=C(NC)C1=O. The summed E-state index contributed by atoms with van der Waals surface area (Å²) in [6.45, 7) is 0. The standard InChI is InChI=1S/C19H24N4O3/c1-21-15-14(18(25)16(22-2)17(23-3)19(15)26)12(9-10-13(20)24)11-7-5-4-6-8-11/h4-8,12,21-23H,9-10H2,1-3H3,(H2,20,24). The van der Waals surface area contributed by atoms with Crippen LogP contribution in [0.2, 0.25) is 0 Å². The van der Waals surface area contributed by atoms with Crippen LogP contribution >= 0.6 is 0 Å². The summed E-state index contributed by atoms with van der Waals surface area (Å²) in [5.41, 5.74) is 7.17. The fourth-order valence-electron chi connectivity index (χ4n) is 3.23. The number of nitrogens with two attached hydrogens (primary N) is 1. The molecule has 0 spiro atoms. The number of hydrogen-bond donors (Lipinski definition) is 4. The van der Waals surface area contributed by atoms with Gasteiger partial charge in [-0.2, -0.15) is 0 Å². The van der Waals surface area contributed by atoms with Crippen molar-refractivity contribution in [3.63, 3.8) is 0 Å². The second-order valence-electron chi connectivity index (χ2n) is 5.92. The van der Waals surface area contributed by atoms with Gasteiger partial charge in [-0.1, -0.05) is 30.3 Å². The minimum atomic E-state index is -0.451. The van der Waals surface area contributed by atoms with Crippen LogP contribution in [0, 0.1) is 0 Å². The molecule has 1 aliphatic rings. The van der Waals surface area contributed by atoms with Crippen molar-refractivity contribution >= 4 is 17.5 Å². The number of benzene rings is 1. The van der Waals surface area contributed by atoms with Gasteiger partial charge < -0.3 is 21.7 Å². The molecule has 138 valence electrons. The number of rotatable bonds is 8. The molecule has 0 bridgehead atoms. The zero-order chi connectivity index (χ0) is 19.3. The number of hydrogen-bond acceptors (Lipinski definition) is 6. The summed E-state index contributed by atoms with van der Waals surface area (Å²) in [6, 6.07) is 9.33. The van der Waals surface area contributed by atoms with Crippen molar-refractivity contribution in [1.29, 1.82) is 0 Å². The molecule has 7 heteroatoms. The van der Waals surface area contributed by atoms with Gasteiger partial charge in [-0.25, -0.2) is 0 Å². The van der Waals surface area contributed by atoms with Crippen molar-refractivity contribution < 1.29 is 14.4 Å². The molecule has 0 aliphatic heterocycles. The number of Topliss-reactive ketones (excluding diaryl/α,β-unsaturated/α-hetero) is 2. The molecule has 0 aromatic heterocycles. The summed E-state index contributed by atoms with van der Waals surface area (Å²) in [5.74, 6) is -1.45.